The molecule has 4 heteroatoms. The van der Waals surface area contributed by atoms with Crippen LogP contribution < -0.4 is 0 Å². The van der Waals surface area contributed by atoms with E-state index >= 15 is 0 Å². The van der Waals surface area contributed by atoms with Crippen molar-refractivity contribution in [2.24, 2.45) is 34.5 Å². The van der Waals surface area contributed by atoms with Gasteiger partial charge in [-0.25, -0.2) is 0 Å². The summed E-state index contributed by atoms with van der Waals surface area (Å²) >= 11 is 0. The van der Waals surface area contributed by atoms with Crippen molar-refractivity contribution in [3.05, 3.63) is 0 Å². The van der Waals surface area contributed by atoms with Crippen molar-refractivity contribution in [3.63, 3.8) is 0 Å². The number of aliphatic carboxylic acids is 2. The molecule has 5 aliphatic rings. The van der Waals surface area contributed by atoms with Gasteiger partial charge < -0.3 is 10.2 Å². The van der Waals surface area contributed by atoms with Gasteiger partial charge in [0.2, 0.25) is 0 Å². The van der Waals surface area contributed by atoms with Crippen LogP contribution in [0.5, 0.6) is 0 Å². The Balaban J connectivity index is 1.89. The maximum atomic E-state index is 10.8. The zero-order valence-electron chi connectivity index (χ0n) is 6.02. The highest BCUT2D eigenvalue weighted by atomic mass is 16.4. The van der Waals surface area contributed by atoms with Gasteiger partial charge in [0.05, 0.1) is 10.8 Å². The number of hydrogen-bond acceptors (Lipinski definition) is 2. The molecule has 62 valence electrons. The smallest absolute Gasteiger partial charge is 0.311 e. The molecular formula is C8H6O4. The maximum absolute atomic E-state index is 10.8. The molecule has 5 rings (SSSR count). The zero-order chi connectivity index (χ0) is 8.46. The first-order valence-corrected chi connectivity index (χ1v) is 4.09. The maximum Gasteiger partial charge on any atom is 0.311 e. The molecule has 5 aliphatic carbocycles. The van der Waals surface area contributed by atoms with Gasteiger partial charge in [-0.15, -0.1) is 0 Å². The number of carbonyl (C=O) groups is 2. The van der Waals surface area contributed by atoms with Crippen LogP contribution in [0.2, 0.25) is 0 Å². The van der Waals surface area contributed by atoms with Crippen molar-refractivity contribution in [2.75, 3.05) is 0 Å². The predicted molar refractivity (Wildman–Crippen MR) is 34.1 cm³/mol. The lowest BCUT2D eigenvalue weighted by atomic mass is 9.74. The van der Waals surface area contributed by atoms with E-state index in [1.807, 2.05) is 0 Å². The van der Waals surface area contributed by atoms with E-state index in [4.69, 9.17) is 10.2 Å². The summed E-state index contributed by atoms with van der Waals surface area (Å²) in [4.78, 5) is 21.7. The van der Waals surface area contributed by atoms with E-state index in [0.717, 1.165) is 0 Å². The van der Waals surface area contributed by atoms with Crippen LogP contribution in [-0.2, 0) is 9.59 Å². The molecule has 0 saturated heterocycles. The third kappa shape index (κ3) is 0.180. The Morgan fingerprint density at radius 2 is 1.42 bits per heavy atom. The van der Waals surface area contributed by atoms with E-state index in [0.29, 0.717) is 5.92 Å². The fourth-order valence-electron chi connectivity index (χ4n) is 4.62. The highest BCUT2D eigenvalue weighted by Gasteiger charge is 3.18. The third-order valence-corrected chi connectivity index (χ3v) is 4.80. The number of carboxylic acids is 2. The second-order valence-corrected chi connectivity index (χ2v) is 4.45. The van der Waals surface area contributed by atoms with Crippen molar-refractivity contribution >= 4 is 11.9 Å². The number of hydrogen-bond donors (Lipinski definition) is 2. The summed E-state index contributed by atoms with van der Waals surface area (Å²) in [7, 11) is 0. The van der Waals surface area contributed by atoms with E-state index in [9.17, 15) is 9.59 Å². The van der Waals surface area contributed by atoms with Gasteiger partial charge in [-0.1, -0.05) is 0 Å². The van der Waals surface area contributed by atoms with Crippen LogP contribution in [0.4, 0.5) is 0 Å². The second-order valence-electron chi connectivity index (χ2n) is 4.45. The lowest BCUT2D eigenvalue weighted by molar-refractivity contribution is -0.161. The molecule has 4 unspecified atom stereocenters. The van der Waals surface area contributed by atoms with Crippen LogP contribution in [0.15, 0.2) is 0 Å². The Morgan fingerprint density at radius 3 is 1.67 bits per heavy atom. The van der Waals surface area contributed by atoms with E-state index in [1.54, 1.807) is 0 Å². The average molecular weight is 166 g/mol. The fraction of sp³-hybridized carbons (Fsp3) is 0.750. The largest absolute Gasteiger partial charge is 0.481 e. The van der Waals surface area contributed by atoms with Crippen molar-refractivity contribution in [1.29, 1.82) is 0 Å². The van der Waals surface area contributed by atoms with Gasteiger partial charge in [0, 0.05) is 0 Å². The van der Waals surface area contributed by atoms with Crippen molar-refractivity contribution in [2.45, 2.75) is 0 Å². The van der Waals surface area contributed by atoms with Gasteiger partial charge in [0.1, 0.15) is 0 Å². The second kappa shape index (κ2) is 0.949. The zero-order valence-corrected chi connectivity index (χ0v) is 6.02. The lowest BCUT2D eigenvalue weighted by Crippen LogP contribution is -2.41. The summed E-state index contributed by atoms with van der Waals surface area (Å²) < 4.78 is 0. The molecule has 0 bridgehead atoms. The number of carboxylic acid groups (broad SMARTS) is 2. The molecule has 0 amide bonds. The van der Waals surface area contributed by atoms with Crippen LogP contribution in [0.3, 0.4) is 0 Å². The monoisotopic (exact) mass is 166 g/mol. The molecule has 4 atom stereocenters. The van der Waals surface area contributed by atoms with Gasteiger partial charge in [-0.3, -0.25) is 9.59 Å². The minimum Gasteiger partial charge on any atom is -0.481 e. The van der Waals surface area contributed by atoms with Crippen molar-refractivity contribution < 1.29 is 19.8 Å². The predicted octanol–water partition coefficient (Wildman–Crippen LogP) is -0.352. The van der Waals surface area contributed by atoms with E-state index in [1.165, 1.54) is 0 Å². The Labute approximate surface area is 67.2 Å². The highest BCUT2D eigenvalue weighted by Crippen LogP contribution is 3.13. The first kappa shape index (κ1) is 5.56. The molecule has 0 aromatic heterocycles. The molecule has 0 aromatic carbocycles. The van der Waals surface area contributed by atoms with Gasteiger partial charge >= 0.3 is 11.9 Å². The normalized spacial score (nSPS) is 71.7. The Kier molecular flexibility index (Phi) is 0.440. The minimum atomic E-state index is -0.870. The van der Waals surface area contributed by atoms with Crippen LogP contribution in [-0.4, -0.2) is 22.2 Å². The molecule has 0 heterocycles. The van der Waals surface area contributed by atoms with Gasteiger partial charge in [-0.05, 0) is 23.7 Å². The highest BCUT2D eigenvalue weighted by molar-refractivity contribution is 6.04. The summed E-state index contributed by atoms with van der Waals surface area (Å²) in [6.45, 7) is 0. The first-order valence-electron chi connectivity index (χ1n) is 4.09. The number of rotatable bonds is 2. The van der Waals surface area contributed by atoms with Crippen LogP contribution in [0.1, 0.15) is 0 Å². The van der Waals surface area contributed by atoms with E-state index in [2.05, 4.69) is 0 Å². The van der Waals surface area contributed by atoms with Crippen molar-refractivity contribution in [3.8, 4) is 0 Å². The SMILES string of the molecule is O=C(O)C12C3C4C3C1(C(=O)O)C42. The minimum absolute atomic E-state index is 0.00926. The topological polar surface area (TPSA) is 74.6 Å². The molecule has 2 N–H and O–H groups in total. The van der Waals surface area contributed by atoms with Crippen molar-refractivity contribution in [1.82, 2.24) is 0 Å². The molecular weight excluding hydrogens is 160 g/mol. The molecule has 5 fully saturated rings. The molecule has 0 aliphatic heterocycles. The fourth-order valence-corrected chi connectivity index (χ4v) is 4.62. The summed E-state index contributed by atoms with van der Waals surface area (Å²) in [6.07, 6.45) is 0. The van der Waals surface area contributed by atoms with Crippen LogP contribution in [0, 0.1) is 34.5 Å². The van der Waals surface area contributed by atoms with E-state index < -0.39 is 22.8 Å². The lowest BCUT2D eigenvalue weighted by Gasteiger charge is -2.27. The summed E-state index contributed by atoms with van der Waals surface area (Å²) in [5, 5.41) is 17.8. The first-order chi connectivity index (χ1) is 5.62. The molecule has 4 nitrogen and oxygen atoms in total. The van der Waals surface area contributed by atoms with Crippen LogP contribution >= 0.6 is 0 Å². The molecule has 12 heavy (non-hydrogen) atoms. The molecule has 5 saturated carbocycles. The summed E-state index contributed by atoms with van der Waals surface area (Å²) in [6, 6.07) is 0. The average Bonchev–Trinajstić information content (AvgIpc) is 2.33. The summed E-state index contributed by atoms with van der Waals surface area (Å²) in [5.41, 5.74) is -1.57. The summed E-state index contributed by atoms with van der Waals surface area (Å²) in [5.74, 6) is -0.755. The van der Waals surface area contributed by atoms with Crippen LogP contribution in [0.25, 0.3) is 0 Å². The van der Waals surface area contributed by atoms with Gasteiger partial charge in [-0.2, -0.15) is 0 Å². The van der Waals surface area contributed by atoms with E-state index in [-0.39, 0.29) is 17.8 Å². The molecule has 0 aromatic rings. The van der Waals surface area contributed by atoms with Gasteiger partial charge in [0.25, 0.3) is 0 Å². The Bertz CT molecular complexity index is 341. The standard InChI is InChI=1S/C8H6O4/c9-5(10)7-2-1-3(2)8(7,4(1)7)6(11)12/h1-4H,(H,9,10)(H,11,12). The molecule has 0 radical (unpaired) electrons. The quantitative estimate of drug-likeness (QED) is 0.587. The molecule has 0 spiro atoms. The Hall–Kier alpha value is -1.06. The van der Waals surface area contributed by atoms with Gasteiger partial charge in [0.15, 0.2) is 0 Å². The Morgan fingerprint density at radius 1 is 1.00 bits per heavy atom. The third-order valence-electron chi connectivity index (χ3n) is 4.80.